The van der Waals surface area contributed by atoms with E-state index in [1.54, 1.807) is 11.0 Å². The third-order valence-corrected chi connectivity index (χ3v) is 3.11. The molecule has 1 aromatic heterocycles. The molecule has 94 valence electrons. The molecule has 0 radical (unpaired) electrons. The van der Waals surface area contributed by atoms with Gasteiger partial charge in [0.1, 0.15) is 6.04 Å². The molecule has 1 unspecified atom stereocenters. The number of nitriles is 1. The Hall–Kier alpha value is -1.93. The lowest BCUT2D eigenvalue weighted by molar-refractivity contribution is 0.0686. The highest BCUT2D eigenvalue weighted by Gasteiger charge is 2.28. The minimum atomic E-state index is -0.396. The molecular weight excluding hydrogens is 228 g/mol. The molecule has 0 saturated carbocycles. The number of hydrogen-bond acceptors (Lipinski definition) is 4. The fraction of sp³-hybridized carbons (Fsp3) is 0.462. The summed E-state index contributed by atoms with van der Waals surface area (Å²) in [5.41, 5.74) is 2.19. The maximum Gasteiger partial charge on any atom is 0.256 e. The molecule has 0 aliphatic carbocycles. The Balaban J connectivity index is 2.27. The van der Waals surface area contributed by atoms with Gasteiger partial charge in [0, 0.05) is 25.3 Å². The lowest BCUT2D eigenvalue weighted by Gasteiger charge is -2.32. The molecule has 5 nitrogen and oxygen atoms in total. The Labute approximate surface area is 106 Å². The molecule has 1 aliphatic heterocycles. The summed E-state index contributed by atoms with van der Waals surface area (Å²) in [5.74, 6) is -0.104. The van der Waals surface area contributed by atoms with Gasteiger partial charge in [-0.05, 0) is 26.0 Å². The summed E-state index contributed by atoms with van der Waals surface area (Å²) < 4.78 is 0. The average Bonchev–Trinajstić information content (AvgIpc) is 2.38. The molecular formula is C13H16N4O. The SMILES string of the molecule is Cc1ccc(C(=O)N2CCNCC2C#N)c(C)n1. The topological polar surface area (TPSA) is 69.0 Å². The number of carbonyl (C=O) groups excluding carboxylic acids is 1. The van der Waals surface area contributed by atoms with Gasteiger partial charge in [0.2, 0.25) is 0 Å². The first-order valence-electron chi connectivity index (χ1n) is 5.99. The van der Waals surface area contributed by atoms with Crippen molar-refractivity contribution in [2.75, 3.05) is 19.6 Å². The summed E-state index contributed by atoms with van der Waals surface area (Å²) in [5, 5.41) is 12.2. The molecule has 5 heteroatoms. The summed E-state index contributed by atoms with van der Waals surface area (Å²) in [6.45, 7) is 5.53. The normalized spacial score (nSPS) is 19.4. The minimum absolute atomic E-state index is 0.104. The third-order valence-electron chi connectivity index (χ3n) is 3.11. The van der Waals surface area contributed by atoms with Crippen molar-refractivity contribution < 1.29 is 4.79 Å². The molecule has 18 heavy (non-hydrogen) atoms. The van der Waals surface area contributed by atoms with Crippen molar-refractivity contribution in [3.63, 3.8) is 0 Å². The van der Waals surface area contributed by atoms with E-state index in [0.717, 1.165) is 17.9 Å². The van der Waals surface area contributed by atoms with Crippen LogP contribution in [0.2, 0.25) is 0 Å². The van der Waals surface area contributed by atoms with Crippen molar-refractivity contribution in [3.05, 3.63) is 29.1 Å². The molecule has 0 spiro atoms. The van der Waals surface area contributed by atoms with Crippen molar-refractivity contribution in [1.29, 1.82) is 5.26 Å². The smallest absolute Gasteiger partial charge is 0.256 e. The van der Waals surface area contributed by atoms with Gasteiger partial charge in [-0.1, -0.05) is 0 Å². The second-order valence-electron chi connectivity index (χ2n) is 4.43. The number of aryl methyl sites for hydroxylation is 2. The molecule has 2 rings (SSSR count). The number of aromatic nitrogens is 1. The number of piperazine rings is 1. The van der Waals surface area contributed by atoms with E-state index in [1.807, 2.05) is 19.9 Å². The second kappa shape index (κ2) is 5.15. The van der Waals surface area contributed by atoms with Crippen LogP contribution in [-0.4, -0.2) is 41.5 Å². The number of hydrogen-bond donors (Lipinski definition) is 1. The van der Waals surface area contributed by atoms with Gasteiger partial charge in [0.25, 0.3) is 5.91 Å². The molecule has 1 saturated heterocycles. The quantitative estimate of drug-likeness (QED) is 0.787. The van der Waals surface area contributed by atoms with Crippen LogP contribution in [0.1, 0.15) is 21.7 Å². The lowest BCUT2D eigenvalue weighted by atomic mass is 10.1. The lowest BCUT2D eigenvalue weighted by Crippen LogP contribution is -2.53. The zero-order valence-electron chi connectivity index (χ0n) is 10.6. The molecule has 1 amide bonds. The number of pyridine rings is 1. The zero-order valence-corrected chi connectivity index (χ0v) is 10.6. The van der Waals surface area contributed by atoms with Crippen LogP contribution in [-0.2, 0) is 0 Å². The monoisotopic (exact) mass is 244 g/mol. The first-order valence-corrected chi connectivity index (χ1v) is 5.99. The van der Waals surface area contributed by atoms with Crippen LogP contribution >= 0.6 is 0 Å². The average molecular weight is 244 g/mol. The molecule has 1 aromatic rings. The van der Waals surface area contributed by atoms with Crippen LogP contribution in [0.25, 0.3) is 0 Å². The maximum atomic E-state index is 12.4. The second-order valence-corrected chi connectivity index (χ2v) is 4.43. The van der Waals surface area contributed by atoms with Gasteiger partial charge in [0.05, 0.1) is 17.3 Å². The Morgan fingerprint density at radius 2 is 2.33 bits per heavy atom. The van der Waals surface area contributed by atoms with Crippen LogP contribution in [0.3, 0.4) is 0 Å². The van der Waals surface area contributed by atoms with Gasteiger partial charge in [-0.2, -0.15) is 5.26 Å². The van der Waals surface area contributed by atoms with Crippen molar-refractivity contribution in [3.8, 4) is 6.07 Å². The molecule has 1 aliphatic rings. The summed E-state index contributed by atoms with van der Waals surface area (Å²) in [4.78, 5) is 18.3. The van der Waals surface area contributed by atoms with Crippen molar-refractivity contribution in [1.82, 2.24) is 15.2 Å². The molecule has 0 aromatic carbocycles. The molecule has 2 heterocycles. The third kappa shape index (κ3) is 2.34. The van der Waals surface area contributed by atoms with Gasteiger partial charge in [-0.3, -0.25) is 9.78 Å². The number of carbonyl (C=O) groups is 1. The predicted molar refractivity (Wildman–Crippen MR) is 67.0 cm³/mol. The zero-order chi connectivity index (χ0) is 13.1. The van der Waals surface area contributed by atoms with E-state index < -0.39 is 6.04 Å². The van der Waals surface area contributed by atoms with Crippen molar-refractivity contribution in [2.24, 2.45) is 0 Å². The Bertz CT molecular complexity index is 506. The number of nitrogens with one attached hydrogen (secondary N) is 1. The maximum absolute atomic E-state index is 12.4. The summed E-state index contributed by atoms with van der Waals surface area (Å²) in [6, 6.07) is 5.37. The van der Waals surface area contributed by atoms with Crippen LogP contribution < -0.4 is 5.32 Å². The minimum Gasteiger partial charge on any atom is -0.320 e. The van der Waals surface area contributed by atoms with Gasteiger partial charge < -0.3 is 10.2 Å². The van der Waals surface area contributed by atoms with E-state index >= 15 is 0 Å². The van der Waals surface area contributed by atoms with E-state index in [4.69, 9.17) is 5.26 Å². The Morgan fingerprint density at radius 1 is 1.56 bits per heavy atom. The highest BCUT2D eigenvalue weighted by Crippen LogP contribution is 2.13. The van der Waals surface area contributed by atoms with Crippen molar-refractivity contribution in [2.45, 2.75) is 19.9 Å². The van der Waals surface area contributed by atoms with E-state index in [2.05, 4.69) is 16.4 Å². The summed E-state index contributed by atoms with van der Waals surface area (Å²) in [6.07, 6.45) is 0. The van der Waals surface area contributed by atoms with Gasteiger partial charge in [-0.15, -0.1) is 0 Å². The molecule has 1 N–H and O–H groups in total. The van der Waals surface area contributed by atoms with E-state index in [-0.39, 0.29) is 5.91 Å². The standard InChI is InChI=1S/C13H16N4O/c1-9-3-4-12(10(2)16-9)13(18)17-6-5-15-8-11(17)7-14/h3-4,11,15H,5-6,8H2,1-2H3. The van der Waals surface area contributed by atoms with Gasteiger partial charge in [0.15, 0.2) is 0 Å². The van der Waals surface area contributed by atoms with Crippen LogP contribution in [0.15, 0.2) is 12.1 Å². The molecule has 1 fully saturated rings. The van der Waals surface area contributed by atoms with Crippen LogP contribution in [0.4, 0.5) is 0 Å². The van der Waals surface area contributed by atoms with Gasteiger partial charge >= 0.3 is 0 Å². The largest absolute Gasteiger partial charge is 0.320 e. The Kier molecular flexibility index (Phi) is 3.58. The predicted octanol–water partition coefficient (Wildman–Crippen LogP) is 0.636. The Morgan fingerprint density at radius 3 is 3.00 bits per heavy atom. The fourth-order valence-corrected chi connectivity index (χ4v) is 2.13. The highest BCUT2D eigenvalue weighted by molar-refractivity contribution is 5.95. The number of amides is 1. The van der Waals surface area contributed by atoms with Crippen LogP contribution in [0.5, 0.6) is 0 Å². The fourth-order valence-electron chi connectivity index (χ4n) is 2.13. The molecule has 0 bridgehead atoms. The van der Waals surface area contributed by atoms with Crippen LogP contribution in [0, 0.1) is 25.2 Å². The van der Waals surface area contributed by atoms with E-state index in [0.29, 0.717) is 18.7 Å². The van der Waals surface area contributed by atoms with Crippen molar-refractivity contribution >= 4 is 5.91 Å². The summed E-state index contributed by atoms with van der Waals surface area (Å²) in [7, 11) is 0. The first-order chi connectivity index (χ1) is 8.63. The number of nitrogens with zero attached hydrogens (tertiary/aromatic N) is 3. The van der Waals surface area contributed by atoms with E-state index in [9.17, 15) is 4.79 Å². The highest BCUT2D eigenvalue weighted by atomic mass is 16.2. The summed E-state index contributed by atoms with van der Waals surface area (Å²) >= 11 is 0. The van der Waals surface area contributed by atoms with E-state index in [1.165, 1.54) is 0 Å². The molecule has 1 atom stereocenters. The number of rotatable bonds is 1. The first kappa shape index (κ1) is 12.5. The van der Waals surface area contributed by atoms with Gasteiger partial charge in [-0.25, -0.2) is 0 Å².